The van der Waals surface area contributed by atoms with E-state index in [0.717, 1.165) is 19.5 Å². The minimum atomic E-state index is -1.66. The van der Waals surface area contributed by atoms with Gasteiger partial charge >= 0.3 is 0 Å². The Morgan fingerprint density at radius 3 is 3.00 bits per heavy atom. The lowest BCUT2D eigenvalue weighted by Gasteiger charge is -2.21. The molecule has 1 saturated heterocycles. The molecule has 1 heterocycles. The Morgan fingerprint density at radius 1 is 1.36 bits per heavy atom. The van der Waals surface area contributed by atoms with Crippen LogP contribution in [0.25, 0.3) is 0 Å². The Kier molecular flexibility index (Phi) is 6.34. The van der Waals surface area contributed by atoms with Gasteiger partial charge in [0.05, 0.1) is 5.75 Å². The standard InChI is InChI=1S/C9H20N2O2S/c12-14(13)8-7-11-9-3-1-2-5-10-6-4-9/h9-11H,1-8H2,(H,12,13). The summed E-state index contributed by atoms with van der Waals surface area (Å²) < 4.78 is 19.0. The molecule has 5 heteroatoms. The van der Waals surface area contributed by atoms with Gasteiger partial charge in [0.25, 0.3) is 0 Å². The SMILES string of the molecule is O=S(O)CCNC1CCCCNCC1. The van der Waals surface area contributed by atoms with Crippen LogP contribution in [0.2, 0.25) is 0 Å². The van der Waals surface area contributed by atoms with Gasteiger partial charge in [-0.3, -0.25) is 0 Å². The van der Waals surface area contributed by atoms with Crippen molar-refractivity contribution in [1.29, 1.82) is 0 Å². The van der Waals surface area contributed by atoms with E-state index < -0.39 is 11.1 Å². The van der Waals surface area contributed by atoms with Crippen LogP contribution in [0.4, 0.5) is 0 Å². The van der Waals surface area contributed by atoms with Crippen molar-refractivity contribution in [3.63, 3.8) is 0 Å². The van der Waals surface area contributed by atoms with Crippen LogP contribution < -0.4 is 10.6 Å². The second-order valence-corrected chi connectivity index (χ2v) is 4.76. The first-order chi connectivity index (χ1) is 6.79. The predicted octanol–water partition coefficient (Wildman–Crippen LogP) is 0.330. The fraction of sp³-hybridized carbons (Fsp3) is 1.00. The van der Waals surface area contributed by atoms with E-state index in [1.807, 2.05) is 0 Å². The smallest absolute Gasteiger partial charge is 0.154 e. The Hall–Kier alpha value is 0.0300. The molecule has 14 heavy (non-hydrogen) atoms. The first kappa shape index (κ1) is 12.1. The Balaban J connectivity index is 2.10. The van der Waals surface area contributed by atoms with E-state index in [2.05, 4.69) is 10.6 Å². The van der Waals surface area contributed by atoms with Crippen LogP contribution in [-0.2, 0) is 11.1 Å². The van der Waals surface area contributed by atoms with Crippen molar-refractivity contribution in [2.45, 2.75) is 31.7 Å². The molecule has 0 bridgehead atoms. The summed E-state index contributed by atoms with van der Waals surface area (Å²) in [5.74, 6) is 0.337. The number of rotatable bonds is 4. The highest BCUT2D eigenvalue weighted by Gasteiger charge is 2.09. The maximum Gasteiger partial charge on any atom is 0.154 e. The lowest BCUT2D eigenvalue weighted by Crippen LogP contribution is -2.36. The third-order valence-corrected chi connectivity index (χ3v) is 3.09. The molecule has 84 valence electrons. The van der Waals surface area contributed by atoms with Gasteiger partial charge in [0, 0.05) is 12.6 Å². The van der Waals surface area contributed by atoms with Crippen molar-refractivity contribution in [2.24, 2.45) is 0 Å². The number of nitrogens with one attached hydrogen (secondary N) is 2. The summed E-state index contributed by atoms with van der Waals surface area (Å²) in [5.41, 5.74) is 0. The molecule has 2 unspecified atom stereocenters. The summed E-state index contributed by atoms with van der Waals surface area (Å²) >= 11 is -1.66. The van der Waals surface area contributed by atoms with Crippen molar-refractivity contribution in [2.75, 3.05) is 25.4 Å². The first-order valence-electron chi connectivity index (χ1n) is 5.30. The molecule has 0 saturated carbocycles. The van der Waals surface area contributed by atoms with Crippen LogP contribution >= 0.6 is 0 Å². The second-order valence-electron chi connectivity index (χ2n) is 3.71. The molecule has 0 spiro atoms. The third-order valence-electron chi connectivity index (χ3n) is 2.54. The lowest BCUT2D eigenvalue weighted by molar-refractivity contribution is 0.406. The van der Waals surface area contributed by atoms with Crippen molar-refractivity contribution >= 4 is 11.1 Å². The van der Waals surface area contributed by atoms with Gasteiger partial charge in [-0.1, -0.05) is 6.42 Å². The minimum absolute atomic E-state index is 0.337. The molecular weight excluding hydrogens is 200 g/mol. The fourth-order valence-electron chi connectivity index (χ4n) is 1.74. The molecule has 3 N–H and O–H groups in total. The lowest BCUT2D eigenvalue weighted by atomic mass is 10.0. The monoisotopic (exact) mass is 220 g/mol. The Bertz CT molecular complexity index is 170. The van der Waals surface area contributed by atoms with Crippen LogP contribution in [-0.4, -0.2) is 40.2 Å². The maximum atomic E-state index is 10.4. The van der Waals surface area contributed by atoms with Crippen molar-refractivity contribution < 1.29 is 8.76 Å². The van der Waals surface area contributed by atoms with Crippen LogP contribution in [0.3, 0.4) is 0 Å². The summed E-state index contributed by atoms with van der Waals surface area (Å²) in [4.78, 5) is 0. The van der Waals surface area contributed by atoms with Crippen LogP contribution in [0.1, 0.15) is 25.7 Å². The Morgan fingerprint density at radius 2 is 2.21 bits per heavy atom. The average Bonchev–Trinajstić information content (AvgIpc) is 2.07. The molecule has 0 aromatic heterocycles. The van der Waals surface area contributed by atoms with Crippen LogP contribution in [0.15, 0.2) is 0 Å². The largest absolute Gasteiger partial charge is 0.317 e. The van der Waals surface area contributed by atoms with Crippen LogP contribution in [0.5, 0.6) is 0 Å². The van der Waals surface area contributed by atoms with Crippen LogP contribution in [0, 0.1) is 0 Å². The van der Waals surface area contributed by atoms with E-state index >= 15 is 0 Å². The molecule has 0 aliphatic carbocycles. The fourth-order valence-corrected chi connectivity index (χ4v) is 2.03. The topological polar surface area (TPSA) is 61.4 Å². The molecule has 2 atom stereocenters. The van der Waals surface area contributed by atoms with Gasteiger partial charge in [0.15, 0.2) is 11.1 Å². The van der Waals surface area contributed by atoms with E-state index in [0.29, 0.717) is 18.3 Å². The first-order valence-corrected chi connectivity index (χ1v) is 6.58. The highest BCUT2D eigenvalue weighted by Crippen LogP contribution is 2.06. The van der Waals surface area contributed by atoms with Gasteiger partial charge in [0.2, 0.25) is 0 Å². The summed E-state index contributed by atoms with van der Waals surface area (Å²) in [6, 6.07) is 0.520. The number of hydrogen-bond donors (Lipinski definition) is 3. The van der Waals surface area contributed by atoms with Gasteiger partial charge in [-0.25, -0.2) is 4.21 Å². The van der Waals surface area contributed by atoms with E-state index in [1.165, 1.54) is 19.3 Å². The summed E-state index contributed by atoms with van der Waals surface area (Å²) in [6.07, 6.45) is 4.80. The highest BCUT2D eigenvalue weighted by atomic mass is 32.2. The van der Waals surface area contributed by atoms with Crippen molar-refractivity contribution in [3.05, 3.63) is 0 Å². The quantitative estimate of drug-likeness (QED) is 0.598. The molecule has 1 fully saturated rings. The van der Waals surface area contributed by atoms with Crippen molar-refractivity contribution in [3.8, 4) is 0 Å². The second kappa shape index (κ2) is 7.34. The number of hydrogen-bond acceptors (Lipinski definition) is 3. The highest BCUT2D eigenvalue weighted by molar-refractivity contribution is 7.79. The van der Waals surface area contributed by atoms with Gasteiger partial charge < -0.3 is 15.2 Å². The van der Waals surface area contributed by atoms with Gasteiger partial charge in [-0.15, -0.1) is 0 Å². The third kappa shape index (κ3) is 5.70. The summed E-state index contributed by atoms with van der Waals surface area (Å²) in [7, 11) is 0. The summed E-state index contributed by atoms with van der Waals surface area (Å²) in [5, 5.41) is 6.69. The molecular formula is C9H20N2O2S. The average molecular weight is 220 g/mol. The van der Waals surface area contributed by atoms with E-state index in [9.17, 15) is 4.21 Å². The zero-order valence-electron chi connectivity index (χ0n) is 8.50. The van der Waals surface area contributed by atoms with Gasteiger partial charge in [-0.2, -0.15) is 0 Å². The van der Waals surface area contributed by atoms with E-state index in [1.54, 1.807) is 0 Å². The van der Waals surface area contributed by atoms with Gasteiger partial charge in [-0.05, 0) is 32.4 Å². The molecule has 0 radical (unpaired) electrons. The van der Waals surface area contributed by atoms with Gasteiger partial charge in [0.1, 0.15) is 0 Å². The molecule has 0 aromatic carbocycles. The van der Waals surface area contributed by atoms with E-state index in [-0.39, 0.29) is 0 Å². The molecule has 4 nitrogen and oxygen atoms in total. The molecule has 0 aromatic rings. The minimum Gasteiger partial charge on any atom is -0.317 e. The maximum absolute atomic E-state index is 10.4. The van der Waals surface area contributed by atoms with E-state index in [4.69, 9.17) is 4.55 Å². The van der Waals surface area contributed by atoms with Crippen molar-refractivity contribution in [1.82, 2.24) is 10.6 Å². The zero-order valence-corrected chi connectivity index (χ0v) is 9.31. The molecule has 1 aliphatic rings. The summed E-state index contributed by atoms with van der Waals surface area (Å²) in [6.45, 7) is 2.83. The molecule has 1 aliphatic heterocycles. The Labute approximate surface area is 88.1 Å². The molecule has 1 rings (SSSR count). The normalized spacial score (nSPS) is 26.5. The predicted molar refractivity (Wildman–Crippen MR) is 58.8 cm³/mol. The molecule has 0 amide bonds. The zero-order chi connectivity index (χ0) is 10.2.